The first-order valence-electron chi connectivity index (χ1n) is 7.36. The van der Waals surface area contributed by atoms with Crippen molar-refractivity contribution < 1.29 is 4.74 Å². The van der Waals surface area contributed by atoms with E-state index in [4.69, 9.17) is 4.74 Å². The Labute approximate surface area is 117 Å². The van der Waals surface area contributed by atoms with E-state index >= 15 is 0 Å². The molecule has 0 aromatic carbocycles. The number of nitrogens with zero attached hydrogens (tertiary/aromatic N) is 2. The molecule has 0 aliphatic rings. The summed E-state index contributed by atoms with van der Waals surface area (Å²) in [7, 11) is 1.66. The summed E-state index contributed by atoms with van der Waals surface area (Å²) in [5.41, 5.74) is 0.940. The first kappa shape index (κ1) is 15.9. The predicted molar refractivity (Wildman–Crippen MR) is 78.3 cm³/mol. The molecule has 0 fully saturated rings. The Balaban J connectivity index is 2.96. The van der Waals surface area contributed by atoms with Gasteiger partial charge in [0.2, 0.25) is 5.88 Å². The smallest absolute Gasteiger partial charge is 0.237 e. The SMILES string of the molecule is CCCCC(CC)C(NCC)c1nccnc1OC. The van der Waals surface area contributed by atoms with Crippen LogP contribution in [0.2, 0.25) is 0 Å². The van der Waals surface area contributed by atoms with Gasteiger partial charge in [-0.1, -0.05) is 40.0 Å². The quantitative estimate of drug-likeness (QED) is 0.744. The average Bonchev–Trinajstić information content (AvgIpc) is 2.46. The van der Waals surface area contributed by atoms with Gasteiger partial charge in [-0.15, -0.1) is 0 Å². The highest BCUT2D eigenvalue weighted by molar-refractivity contribution is 5.22. The Bertz CT molecular complexity index is 357. The minimum Gasteiger partial charge on any atom is -0.480 e. The van der Waals surface area contributed by atoms with Crippen molar-refractivity contribution in [2.75, 3.05) is 13.7 Å². The molecule has 2 atom stereocenters. The van der Waals surface area contributed by atoms with E-state index in [0.717, 1.165) is 18.7 Å². The Kier molecular flexibility index (Phi) is 7.41. The molecule has 0 spiro atoms. The molecule has 0 saturated carbocycles. The predicted octanol–water partition coefficient (Wildman–Crippen LogP) is 3.35. The van der Waals surface area contributed by atoms with Crippen LogP contribution in [0.15, 0.2) is 12.4 Å². The van der Waals surface area contributed by atoms with Gasteiger partial charge >= 0.3 is 0 Å². The second-order valence-corrected chi connectivity index (χ2v) is 4.80. The third-order valence-electron chi connectivity index (χ3n) is 3.53. The molecule has 1 rings (SSSR count). The van der Waals surface area contributed by atoms with Crippen LogP contribution in [0.25, 0.3) is 0 Å². The number of ether oxygens (including phenoxy) is 1. The van der Waals surface area contributed by atoms with Crippen molar-refractivity contribution in [2.24, 2.45) is 5.92 Å². The van der Waals surface area contributed by atoms with E-state index < -0.39 is 0 Å². The standard InChI is InChI=1S/C15H27N3O/c1-5-8-9-12(6-2)13(16-7-3)14-15(19-4)18-11-10-17-14/h10-13,16H,5-9H2,1-4H3. The Morgan fingerprint density at radius 3 is 2.53 bits per heavy atom. The third-order valence-corrected chi connectivity index (χ3v) is 3.53. The number of aromatic nitrogens is 2. The summed E-state index contributed by atoms with van der Waals surface area (Å²) in [5, 5.41) is 3.55. The van der Waals surface area contributed by atoms with Crippen LogP contribution >= 0.6 is 0 Å². The van der Waals surface area contributed by atoms with E-state index in [1.165, 1.54) is 19.3 Å². The molecule has 2 unspecified atom stereocenters. The van der Waals surface area contributed by atoms with Crippen LogP contribution in [-0.4, -0.2) is 23.6 Å². The van der Waals surface area contributed by atoms with Crippen molar-refractivity contribution in [1.29, 1.82) is 0 Å². The van der Waals surface area contributed by atoms with Crippen LogP contribution in [0.3, 0.4) is 0 Å². The molecule has 0 aliphatic carbocycles. The molecular formula is C15H27N3O. The topological polar surface area (TPSA) is 47.0 Å². The molecule has 19 heavy (non-hydrogen) atoms. The van der Waals surface area contributed by atoms with Crippen LogP contribution in [0, 0.1) is 5.92 Å². The van der Waals surface area contributed by atoms with Gasteiger partial charge in [0.05, 0.1) is 13.2 Å². The van der Waals surface area contributed by atoms with Gasteiger partial charge in [-0.3, -0.25) is 4.98 Å². The van der Waals surface area contributed by atoms with Crippen molar-refractivity contribution in [1.82, 2.24) is 15.3 Å². The van der Waals surface area contributed by atoms with E-state index in [1.54, 1.807) is 19.5 Å². The first-order chi connectivity index (χ1) is 9.28. The van der Waals surface area contributed by atoms with Crippen molar-refractivity contribution in [3.8, 4) is 5.88 Å². The van der Waals surface area contributed by atoms with Crippen LogP contribution in [0.4, 0.5) is 0 Å². The number of unbranched alkanes of at least 4 members (excludes halogenated alkanes) is 1. The van der Waals surface area contributed by atoms with Gasteiger partial charge in [0, 0.05) is 12.4 Å². The lowest BCUT2D eigenvalue weighted by atomic mass is 9.89. The van der Waals surface area contributed by atoms with E-state index in [0.29, 0.717) is 11.8 Å². The highest BCUT2D eigenvalue weighted by Crippen LogP contribution is 2.31. The lowest BCUT2D eigenvalue weighted by Gasteiger charge is -2.27. The van der Waals surface area contributed by atoms with E-state index in [9.17, 15) is 0 Å². The van der Waals surface area contributed by atoms with Gasteiger partial charge in [0.25, 0.3) is 0 Å². The van der Waals surface area contributed by atoms with Gasteiger partial charge in [-0.25, -0.2) is 4.98 Å². The van der Waals surface area contributed by atoms with Crippen LogP contribution in [0.5, 0.6) is 5.88 Å². The molecule has 4 nitrogen and oxygen atoms in total. The number of rotatable bonds is 9. The molecule has 108 valence electrons. The maximum atomic E-state index is 5.36. The Morgan fingerprint density at radius 2 is 1.95 bits per heavy atom. The number of hydrogen-bond acceptors (Lipinski definition) is 4. The van der Waals surface area contributed by atoms with Crippen molar-refractivity contribution in [3.05, 3.63) is 18.1 Å². The molecule has 1 N–H and O–H groups in total. The summed E-state index contributed by atoms with van der Waals surface area (Å²) in [4.78, 5) is 8.77. The minimum atomic E-state index is 0.227. The zero-order chi connectivity index (χ0) is 14.1. The summed E-state index contributed by atoms with van der Waals surface area (Å²) in [6.45, 7) is 7.53. The lowest BCUT2D eigenvalue weighted by molar-refractivity contribution is 0.304. The maximum absolute atomic E-state index is 5.36. The first-order valence-corrected chi connectivity index (χ1v) is 7.36. The van der Waals surface area contributed by atoms with Crippen LogP contribution in [0.1, 0.15) is 58.2 Å². The van der Waals surface area contributed by atoms with Crippen molar-refractivity contribution in [2.45, 2.75) is 52.5 Å². The monoisotopic (exact) mass is 265 g/mol. The molecule has 0 bridgehead atoms. The Hall–Kier alpha value is -1.16. The fourth-order valence-electron chi connectivity index (χ4n) is 2.49. The maximum Gasteiger partial charge on any atom is 0.237 e. The summed E-state index contributed by atoms with van der Waals surface area (Å²) < 4.78 is 5.36. The van der Waals surface area contributed by atoms with Gasteiger partial charge < -0.3 is 10.1 Å². The third kappa shape index (κ3) is 4.46. The van der Waals surface area contributed by atoms with Gasteiger partial charge in [0.1, 0.15) is 5.69 Å². The Morgan fingerprint density at radius 1 is 1.21 bits per heavy atom. The molecule has 1 aromatic rings. The molecule has 0 aliphatic heterocycles. The second kappa shape index (κ2) is 8.86. The zero-order valence-corrected chi connectivity index (χ0v) is 12.6. The van der Waals surface area contributed by atoms with Crippen LogP contribution < -0.4 is 10.1 Å². The molecule has 0 radical (unpaired) electrons. The largest absolute Gasteiger partial charge is 0.480 e. The summed E-state index contributed by atoms with van der Waals surface area (Å²) in [6, 6.07) is 0.227. The molecule has 4 heteroatoms. The number of nitrogens with one attached hydrogen (secondary N) is 1. The molecule has 1 heterocycles. The second-order valence-electron chi connectivity index (χ2n) is 4.80. The lowest BCUT2D eigenvalue weighted by Crippen LogP contribution is -2.29. The summed E-state index contributed by atoms with van der Waals surface area (Å²) in [5.74, 6) is 1.22. The highest BCUT2D eigenvalue weighted by atomic mass is 16.5. The van der Waals surface area contributed by atoms with Gasteiger partial charge in [-0.05, 0) is 18.9 Å². The van der Waals surface area contributed by atoms with Gasteiger partial charge in [0.15, 0.2) is 0 Å². The van der Waals surface area contributed by atoms with Gasteiger partial charge in [-0.2, -0.15) is 0 Å². The minimum absolute atomic E-state index is 0.227. The van der Waals surface area contributed by atoms with E-state index in [2.05, 4.69) is 36.1 Å². The summed E-state index contributed by atoms with van der Waals surface area (Å²) in [6.07, 6.45) is 8.25. The average molecular weight is 265 g/mol. The number of hydrogen-bond donors (Lipinski definition) is 1. The number of methoxy groups -OCH3 is 1. The fourth-order valence-corrected chi connectivity index (χ4v) is 2.49. The van der Waals surface area contributed by atoms with Crippen LogP contribution in [-0.2, 0) is 0 Å². The van der Waals surface area contributed by atoms with Crippen molar-refractivity contribution in [3.63, 3.8) is 0 Å². The molecule has 0 saturated heterocycles. The summed E-state index contributed by atoms with van der Waals surface area (Å²) >= 11 is 0. The molecule has 1 aromatic heterocycles. The van der Waals surface area contributed by atoms with E-state index in [1.807, 2.05) is 0 Å². The zero-order valence-electron chi connectivity index (χ0n) is 12.6. The normalized spacial score (nSPS) is 14.1. The highest BCUT2D eigenvalue weighted by Gasteiger charge is 2.25. The van der Waals surface area contributed by atoms with Crippen molar-refractivity contribution >= 4 is 0 Å². The molecular weight excluding hydrogens is 238 g/mol. The molecule has 0 amide bonds. The van der Waals surface area contributed by atoms with E-state index in [-0.39, 0.29) is 6.04 Å². The fraction of sp³-hybridized carbons (Fsp3) is 0.733.